The summed E-state index contributed by atoms with van der Waals surface area (Å²) < 4.78 is 16.1. The summed E-state index contributed by atoms with van der Waals surface area (Å²) in [6.45, 7) is 3.89. The van der Waals surface area contributed by atoms with E-state index in [0.29, 0.717) is 13.0 Å². The van der Waals surface area contributed by atoms with E-state index >= 15 is 0 Å². The molecule has 2 unspecified atom stereocenters. The first-order valence-electron chi connectivity index (χ1n) is 5.39. The third-order valence-corrected chi connectivity index (χ3v) is 4.58. The van der Waals surface area contributed by atoms with Gasteiger partial charge in [0.25, 0.3) is 8.68 Å². The van der Waals surface area contributed by atoms with Crippen LogP contribution in [0.3, 0.4) is 0 Å². The summed E-state index contributed by atoms with van der Waals surface area (Å²) >= 11 is 0. The zero-order chi connectivity index (χ0) is 12.3. The van der Waals surface area contributed by atoms with E-state index < -0.39 is 14.6 Å². The molecule has 6 heteroatoms. The molecular formula is C10H17NO4Si. The van der Waals surface area contributed by atoms with Crippen LogP contribution in [0.5, 0.6) is 0 Å². The standard InChI is InChI=1S/C10H17NO4Si/c1-4-9(16(3)14)11-6-7(5-8(11)12)10(13)15-2/h7,9H,4-6H2,1-3H3. The van der Waals surface area contributed by atoms with Gasteiger partial charge >= 0.3 is 5.97 Å². The van der Waals surface area contributed by atoms with Crippen LogP contribution in [0.15, 0.2) is 0 Å². The molecule has 1 amide bonds. The number of carbonyl (C=O) groups is 2. The van der Waals surface area contributed by atoms with Crippen molar-refractivity contribution in [3.8, 4) is 0 Å². The van der Waals surface area contributed by atoms with Gasteiger partial charge in [-0.15, -0.1) is 0 Å². The van der Waals surface area contributed by atoms with Crippen molar-refractivity contribution >= 4 is 20.6 Å². The van der Waals surface area contributed by atoms with Crippen molar-refractivity contribution in [2.45, 2.75) is 32.0 Å². The first kappa shape index (κ1) is 13.0. The zero-order valence-electron chi connectivity index (χ0n) is 9.86. The van der Waals surface area contributed by atoms with Crippen LogP contribution in [0.4, 0.5) is 0 Å². The maximum absolute atomic E-state index is 11.7. The number of amides is 1. The number of ether oxygens (including phenoxy) is 1. The Morgan fingerprint density at radius 1 is 1.69 bits per heavy atom. The summed E-state index contributed by atoms with van der Waals surface area (Å²) in [4.78, 5) is 24.6. The maximum Gasteiger partial charge on any atom is 0.310 e. The summed E-state index contributed by atoms with van der Waals surface area (Å²) in [5.41, 5.74) is -0.216. The predicted octanol–water partition coefficient (Wildman–Crippen LogP) is 0.377. The van der Waals surface area contributed by atoms with E-state index in [9.17, 15) is 14.1 Å². The van der Waals surface area contributed by atoms with E-state index in [0.717, 1.165) is 0 Å². The Bertz CT molecular complexity index is 318. The fraction of sp³-hybridized carbons (Fsp3) is 0.800. The fourth-order valence-corrected chi connectivity index (χ4v) is 3.35. The van der Waals surface area contributed by atoms with Crippen LogP contribution < -0.4 is 0 Å². The topological polar surface area (TPSA) is 63.7 Å². The molecule has 0 saturated carbocycles. The third-order valence-electron chi connectivity index (χ3n) is 2.93. The van der Waals surface area contributed by atoms with Gasteiger partial charge in [-0.3, -0.25) is 9.59 Å². The monoisotopic (exact) mass is 243 g/mol. The van der Waals surface area contributed by atoms with Gasteiger partial charge in [0.2, 0.25) is 5.91 Å². The van der Waals surface area contributed by atoms with Gasteiger partial charge in [-0.25, -0.2) is 0 Å². The van der Waals surface area contributed by atoms with Gasteiger partial charge < -0.3 is 14.1 Å². The molecule has 0 radical (unpaired) electrons. The highest BCUT2D eigenvalue weighted by molar-refractivity contribution is 6.43. The number of nitrogens with zero attached hydrogens (tertiary/aromatic N) is 1. The van der Waals surface area contributed by atoms with Crippen molar-refractivity contribution in [1.29, 1.82) is 0 Å². The second-order valence-electron chi connectivity index (χ2n) is 4.01. The van der Waals surface area contributed by atoms with Crippen molar-refractivity contribution in [2.75, 3.05) is 13.7 Å². The zero-order valence-corrected chi connectivity index (χ0v) is 10.9. The van der Waals surface area contributed by atoms with Crippen LogP contribution in [0.25, 0.3) is 0 Å². The molecule has 0 spiro atoms. The summed E-state index contributed by atoms with van der Waals surface area (Å²) in [5, 5.41) is 0. The van der Waals surface area contributed by atoms with Gasteiger partial charge in [0.1, 0.15) is 0 Å². The minimum absolute atomic E-state index is 0.0950. The third kappa shape index (κ3) is 2.55. The quantitative estimate of drug-likeness (QED) is 0.529. The molecule has 1 rings (SSSR count). The second-order valence-corrected chi connectivity index (χ2v) is 5.89. The number of likely N-dealkylation sites (tertiary alicyclic amines) is 1. The predicted molar refractivity (Wildman–Crippen MR) is 58.2 cm³/mol. The molecule has 1 saturated heterocycles. The Morgan fingerprint density at radius 2 is 2.31 bits per heavy atom. The molecule has 1 heterocycles. The van der Waals surface area contributed by atoms with Crippen LogP contribution in [-0.2, 0) is 18.8 Å². The average Bonchev–Trinajstić information content (AvgIpc) is 2.60. The highest BCUT2D eigenvalue weighted by Gasteiger charge is 2.39. The lowest BCUT2D eigenvalue weighted by atomic mass is 10.1. The first-order valence-corrected chi connectivity index (χ1v) is 7.37. The number of carbonyl (C=O) groups excluding carboxylic acids is 2. The number of hydrogen-bond acceptors (Lipinski definition) is 4. The lowest BCUT2D eigenvalue weighted by Crippen LogP contribution is -2.42. The smallest absolute Gasteiger partial charge is 0.310 e. The van der Waals surface area contributed by atoms with Gasteiger partial charge in [-0.05, 0) is 13.0 Å². The molecule has 0 aliphatic carbocycles. The van der Waals surface area contributed by atoms with E-state index in [4.69, 9.17) is 0 Å². The molecule has 0 aromatic heterocycles. The summed E-state index contributed by atoms with van der Waals surface area (Å²) in [6, 6.07) is 0. The number of rotatable bonds is 4. The van der Waals surface area contributed by atoms with E-state index in [1.54, 1.807) is 11.4 Å². The van der Waals surface area contributed by atoms with Crippen molar-refractivity contribution in [3.63, 3.8) is 0 Å². The Morgan fingerprint density at radius 3 is 2.75 bits per heavy atom. The number of hydrogen-bond donors (Lipinski definition) is 0. The molecule has 1 aliphatic rings. The molecule has 0 aromatic carbocycles. The SMILES string of the molecule is CCC(N1CC(C(=O)OC)CC1=O)[Si](C)=O. The second kappa shape index (κ2) is 5.34. The molecular weight excluding hydrogens is 226 g/mol. The molecule has 1 aliphatic heterocycles. The van der Waals surface area contributed by atoms with Crippen molar-refractivity contribution < 1.29 is 18.8 Å². The van der Waals surface area contributed by atoms with Crippen LogP contribution in [-0.4, -0.2) is 44.8 Å². The van der Waals surface area contributed by atoms with E-state index in [-0.39, 0.29) is 24.0 Å². The van der Waals surface area contributed by atoms with Crippen molar-refractivity contribution in [1.82, 2.24) is 4.90 Å². The summed E-state index contributed by atoms with van der Waals surface area (Å²) in [6.07, 6.45) is 0.840. The molecule has 1 fully saturated rings. The molecule has 0 N–H and O–H groups in total. The number of methoxy groups -OCH3 is 1. The largest absolute Gasteiger partial charge is 0.469 e. The Balaban J connectivity index is 2.74. The minimum atomic E-state index is -1.79. The van der Waals surface area contributed by atoms with Gasteiger partial charge in [-0.1, -0.05) is 6.92 Å². The average molecular weight is 243 g/mol. The van der Waals surface area contributed by atoms with Crippen LogP contribution in [0.2, 0.25) is 6.55 Å². The first-order chi connectivity index (χ1) is 7.51. The summed E-state index contributed by atoms with van der Waals surface area (Å²) in [5.74, 6) is -0.850. The highest BCUT2D eigenvalue weighted by atomic mass is 28.3. The van der Waals surface area contributed by atoms with Crippen LogP contribution in [0, 0.1) is 5.92 Å². The fourth-order valence-electron chi connectivity index (χ4n) is 2.08. The maximum atomic E-state index is 11.7. The lowest BCUT2D eigenvalue weighted by Gasteiger charge is -2.24. The van der Waals surface area contributed by atoms with Crippen molar-refractivity contribution in [2.24, 2.45) is 5.92 Å². The van der Waals surface area contributed by atoms with Crippen LogP contribution in [0.1, 0.15) is 19.8 Å². The van der Waals surface area contributed by atoms with E-state index in [2.05, 4.69) is 4.74 Å². The Labute approximate surface area is 96.4 Å². The normalized spacial score (nSPS) is 22.1. The molecule has 0 aromatic rings. The molecule has 16 heavy (non-hydrogen) atoms. The molecule has 0 bridgehead atoms. The molecule has 90 valence electrons. The summed E-state index contributed by atoms with van der Waals surface area (Å²) in [7, 11) is -0.477. The highest BCUT2D eigenvalue weighted by Crippen LogP contribution is 2.22. The van der Waals surface area contributed by atoms with E-state index in [1.807, 2.05) is 6.92 Å². The minimum Gasteiger partial charge on any atom is -0.469 e. The van der Waals surface area contributed by atoms with E-state index in [1.165, 1.54) is 7.11 Å². The van der Waals surface area contributed by atoms with Crippen molar-refractivity contribution in [3.05, 3.63) is 0 Å². The van der Waals surface area contributed by atoms with Gasteiger partial charge in [-0.2, -0.15) is 0 Å². The number of esters is 1. The van der Waals surface area contributed by atoms with Crippen LogP contribution >= 0.6 is 0 Å². The Hall–Kier alpha value is -1.04. The van der Waals surface area contributed by atoms with Gasteiger partial charge in [0.15, 0.2) is 0 Å². The Kier molecular flexibility index (Phi) is 4.34. The van der Waals surface area contributed by atoms with Gasteiger partial charge in [0, 0.05) is 13.0 Å². The van der Waals surface area contributed by atoms with Gasteiger partial charge in [0.05, 0.1) is 18.7 Å². The molecule has 2 atom stereocenters. The molecule has 5 nitrogen and oxygen atoms in total. The lowest BCUT2D eigenvalue weighted by molar-refractivity contribution is -0.145.